The maximum atomic E-state index is 12.8. The van der Waals surface area contributed by atoms with E-state index >= 15 is 0 Å². The van der Waals surface area contributed by atoms with Gasteiger partial charge in [0.05, 0.1) is 0 Å². The van der Waals surface area contributed by atoms with Crippen molar-refractivity contribution in [2.24, 2.45) is 11.8 Å². The van der Waals surface area contributed by atoms with Gasteiger partial charge >= 0.3 is 0 Å². The van der Waals surface area contributed by atoms with E-state index in [0.29, 0.717) is 17.7 Å². The minimum Gasteiger partial charge on any atom is -0.356 e. The predicted molar refractivity (Wildman–Crippen MR) is 103 cm³/mol. The fourth-order valence-corrected chi connectivity index (χ4v) is 4.72. The van der Waals surface area contributed by atoms with Gasteiger partial charge in [0.2, 0.25) is 5.91 Å². The molecule has 1 amide bonds. The zero-order valence-electron chi connectivity index (χ0n) is 16.0. The summed E-state index contributed by atoms with van der Waals surface area (Å²) in [6.07, 6.45) is 24.0. The molecule has 1 saturated carbocycles. The number of fused-ring (bicyclic) bond motifs is 1. The minimum atomic E-state index is 0.297. The second kappa shape index (κ2) is 12.8. The quantitative estimate of drug-likeness (QED) is 0.546. The molecule has 2 heteroatoms. The summed E-state index contributed by atoms with van der Waals surface area (Å²) in [5, 5.41) is 3.27. The summed E-state index contributed by atoms with van der Waals surface area (Å²) in [6.45, 7) is 0.905. The van der Waals surface area contributed by atoms with Crippen LogP contribution < -0.4 is 5.32 Å². The van der Waals surface area contributed by atoms with Crippen molar-refractivity contribution < 1.29 is 4.79 Å². The molecule has 2 atom stereocenters. The lowest BCUT2D eigenvalue weighted by atomic mass is 9.80. The van der Waals surface area contributed by atoms with E-state index in [1.54, 1.807) is 0 Å². The van der Waals surface area contributed by atoms with E-state index in [1.165, 1.54) is 109 Å². The van der Waals surface area contributed by atoms with E-state index in [9.17, 15) is 4.79 Å². The van der Waals surface area contributed by atoms with Crippen molar-refractivity contribution in [3.63, 3.8) is 0 Å². The zero-order chi connectivity index (χ0) is 16.9. The highest BCUT2D eigenvalue weighted by atomic mass is 16.1. The number of amides is 1. The molecular formula is C22H41NO. The molecule has 1 aliphatic heterocycles. The first-order chi connectivity index (χ1) is 11.9. The van der Waals surface area contributed by atoms with Crippen LogP contribution in [0.4, 0.5) is 0 Å². The average molecular weight is 336 g/mol. The predicted octanol–water partition coefficient (Wildman–Crippen LogP) is 6.38. The van der Waals surface area contributed by atoms with Crippen molar-refractivity contribution in [3.05, 3.63) is 0 Å². The maximum absolute atomic E-state index is 12.8. The van der Waals surface area contributed by atoms with Crippen molar-refractivity contribution >= 4 is 5.91 Å². The van der Waals surface area contributed by atoms with E-state index < -0.39 is 0 Å². The highest BCUT2D eigenvalue weighted by Crippen LogP contribution is 2.31. The van der Waals surface area contributed by atoms with E-state index in [-0.39, 0.29) is 0 Å². The Morgan fingerprint density at radius 3 is 1.50 bits per heavy atom. The number of hydrogen-bond acceptors (Lipinski definition) is 1. The first-order valence-corrected chi connectivity index (χ1v) is 11.2. The van der Waals surface area contributed by atoms with E-state index in [2.05, 4.69) is 5.32 Å². The van der Waals surface area contributed by atoms with Crippen LogP contribution in [0.5, 0.6) is 0 Å². The molecule has 2 rings (SSSR count). The molecule has 0 bridgehead atoms. The van der Waals surface area contributed by atoms with Gasteiger partial charge in [0.15, 0.2) is 0 Å². The molecule has 1 N–H and O–H groups in total. The smallest absolute Gasteiger partial charge is 0.223 e. The van der Waals surface area contributed by atoms with Crippen molar-refractivity contribution in [2.45, 2.75) is 116 Å². The standard InChI is InChI=1S/C22H41NO/c24-22-21-18-14-10-6-4-2-1-3-5-8-12-16-20(21)17-13-9-7-11-15-19-23-22/h20-21H,1-19H2,(H,23,24). The number of rotatable bonds is 0. The first kappa shape index (κ1) is 19.8. The summed E-state index contributed by atoms with van der Waals surface area (Å²) in [4.78, 5) is 12.8. The molecular weight excluding hydrogens is 294 g/mol. The molecule has 1 heterocycles. The van der Waals surface area contributed by atoms with Gasteiger partial charge in [-0.05, 0) is 31.6 Å². The van der Waals surface area contributed by atoms with Crippen molar-refractivity contribution in [1.29, 1.82) is 0 Å². The maximum Gasteiger partial charge on any atom is 0.223 e. The number of hydrogen-bond donors (Lipinski definition) is 1. The molecule has 2 aliphatic rings. The van der Waals surface area contributed by atoms with Crippen molar-refractivity contribution in [1.82, 2.24) is 5.32 Å². The summed E-state index contributed by atoms with van der Waals surface area (Å²) >= 11 is 0. The summed E-state index contributed by atoms with van der Waals surface area (Å²) in [5.41, 5.74) is 0. The zero-order valence-corrected chi connectivity index (χ0v) is 16.0. The normalized spacial score (nSPS) is 30.2. The molecule has 0 aromatic carbocycles. The van der Waals surface area contributed by atoms with Crippen molar-refractivity contribution in [3.8, 4) is 0 Å². The average Bonchev–Trinajstić information content (AvgIpc) is 2.62. The molecule has 0 aromatic heterocycles. The first-order valence-electron chi connectivity index (χ1n) is 11.2. The van der Waals surface area contributed by atoms with Gasteiger partial charge < -0.3 is 5.32 Å². The Morgan fingerprint density at radius 2 is 0.958 bits per heavy atom. The fraction of sp³-hybridized carbons (Fsp3) is 0.955. The highest BCUT2D eigenvalue weighted by Gasteiger charge is 2.27. The van der Waals surface area contributed by atoms with Crippen LogP contribution in [0.3, 0.4) is 0 Å². The Bertz CT molecular complexity index is 328. The Labute approximate surface area is 150 Å². The van der Waals surface area contributed by atoms with Crippen LogP contribution >= 0.6 is 0 Å². The fourth-order valence-electron chi connectivity index (χ4n) is 4.72. The Kier molecular flexibility index (Phi) is 10.5. The monoisotopic (exact) mass is 335 g/mol. The SMILES string of the molecule is O=C1NCCCCCCCC2CCCCCCCCCCCCC12. The number of carbonyl (C=O) groups excluding carboxylic acids is 1. The van der Waals surface area contributed by atoms with Gasteiger partial charge in [0, 0.05) is 12.5 Å². The van der Waals surface area contributed by atoms with Gasteiger partial charge in [0.1, 0.15) is 0 Å². The van der Waals surface area contributed by atoms with Crippen LogP contribution in [-0.2, 0) is 4.79 Å². The number of nitrogens with one attached hydrogen (secondary N) is 1. The molecule has 2 fully saturated rings. The Morgan fingerprint density at radius 1 is 0.542 bits per heavy atom. The van der Waals surface area contributed by atoms with Gasteiger partial charge in [-0.3, -0.25) is 4.79 Å². The lowest BCUT2D eigenvalue weighted by Crippen LogP contribution is -2.35. The molecule has 2 nitrogen and oxygen atoms in total. The molecule has 0 aromatic rings. The van der Waals surface area contributed by atoms with Crippen LogP contribution in [0, 0.1) is 11.8 Å². The largest absolute Gasteiger partial charge is 0.356 e. The molecule has 140 valence electrons. The lowest BCUT2D eigenvalue weighted by molar-refractivity contribution is -0.127. The third kappa shape index (κ3) is 8.03. The molecule has 1 saturated heterocycles. The van der Waals surface area contributed by atoms with E-state index in [0.717, 1.165) is 13.0 Å². The molecule has 1 aliphatic carbocycles. The van der Waals surface area contributed by atoms with Crippen LogP contribution in [0.15, 0.2) is 0 Å². The highest BCUT2D eigenvalue weighted by molar-refractivity contribution is 5.78. The summed E-state index contributed by atoms with van der Waals surface area (Å²) in [5.74, 6) is 1.33. The molecule has 24 heavy (non-hydrogen) atoms. The topological polar surface area (TPSA) is 29.1 Å². The lowest BCUT2D eigenvalue weighted by Gasteiger charge is -2.27. The van der Waals surface area contributed by atoms with E-state index in [4.69, 9.17) is 0 Å². The van der Waals surface area contributed by atoms with Crippen molar-refractivity contribution in [2.75, 3.05) is 6.54 Å². The summed E-state index contributed by atoms with van der Waals surface area (Å²) < 4.78 is 0. The second-order valence-electron chi connectivity index (χ2n) is 8.33. The van der Waals surface area contributed by atoms with Gasteiger partial charge in [-0.25, -0.2) is 0 Å². The van der Waals surface area contributed by atoms with Crippen LogP contribution in [-0.4, -0.2) is 12.5 Å². The third-order valence-electron chi connectivity index (χ3n) is 6.30. The second-order valence-corrected chi connectivity index (χ2v) is 8.33. The molecule has 0 radical (unpaired) electrons. The minimum absolute atomic E-state index is 0.297. The van der Waals surface area contributed by atoms with Gasteiger partial charge in [-0.1, -0.05) is 89.9 Å². The third-order valence-corrected chi connectivity index (χ3v) is 6.30. The van der Waals surface area contributed by atoms with Gasteiger partial charge in [0.25, 0.3) is 0 Å². The van der Waals surface area contributed by atoms with Crippen LogP contribution in [0.2, 0.25) is 0 Å². The summed E-state index contributed by atoms with van der Waals surface area (Å²) in [6, 6.07) is 0. The Balaban J connectivity index is 1.96. The number of carbonyl (C=O) groups is 1. The Hall–Kier alpha value is -0.530. The van der Waals surface area contributed by atoms with Crippen LogP contribution in [0.1, 0.15) is 116 Å². The van der Waals surface area contributed by atoms with Gasteiger partial charge in [-0.2, -0.15) is 0 Å². The van der Waals surface area contributed by atoms with Gasteiger partial charge in [-0.15, -0.1) is 0 Å². The summed E-state index contributed by atoms with van der Waals surface area (Å²) in [7, 11) is 0. The molecule has 2 unspecified atom stereocenters. The van der Waals surface area contributed by atoms with E-state index in [1.807, 2.05) is 0 Å². The molecule has 0 spiro atoms. The van der Waals surface area contributed by atoms with Crippen LogP contribution in [0.25, 0.3) is 0 Å².